The van der Waals surface area contributed by atoms with Crippen LogP contribution in [0.5, 0.6) is 0 Å². The van der Waals surface area contributed by atoms with Crippen LogP contribution in [0.2, 0.25) is 0 Å². The number of benzene rings is 1. The van der Waals surface area contributed by atoms with Gasteiger partial charge in [-0.3, -0.25) is 4.79 Å². The topological polar surface area (TPSA) is 38.3 Å². The Bertz CT molecular complexity index is 411. The molecule has 0 saturated carbocycles. The van der Waals surface area contributed by atoms with E-state index in [4.69, 9.17) is 4.74 Å². The average Bonchev–Trinajstić information content (AvgIpc) is 2.29. The van der Waals surface area contributed by atoms with Crippen LogP contribution in [-0.4, -0.2) is 18.6 Å². The van der Waals surface area contributed by atoms with Gasteiger partial charge in [0.2, 0.25) is 0 Å². The first kappa shape index (κ1) is 14.5. The number of hydrogen-bond donors (Lipinski definition) is 1. The molecular weight excluding hydrogens is 305 g/mol. The predicted molar refractivity (Wildman–Crippen MR) is 72.4 cm³/mol. The minimum absolute atomic E-state index is 0. The number of carbonyl (C=O) groups is 1. The van der Waals surface area contributed by atoms with Crippen molar-refractivity contribution >= 4 is 34.3 Å². The summed E-state index contributed by atoms with van der Waals surface area (Å²) < 4.78 is 6.09. The lowest BCUT2D eigenvalue weighted by Gasteiger charge is -2.25. The SMILES string of the molecule is CCOC(=O)[C@H]1Cc2c(Br)cccc2CN1.Cl. The molecule has 0 saturated heterocycles. The van der Waals surface area contributed by atoms with Gasteiger partial charge in [0.05, 0.1) is 6.61 Å². The van der Waals surface area contributed by atoms with E-state index in [-0.39, 0.29) is 24.4 Å². The first-order valence-corrected chi connectivity index (χ1v) is 6.18. The van der Waals surface area contributed by atoms with E-state index in [1.54, 1.807) is 0 Å². The molecule has 1 heterocycles. The fourth-order valence-corrected chi connectivity index (χ4v) is 2.49. The molecule has 0 radical (unpaired) electrons. The van der Waals surface area contributed by atoms with E-state index in [1.807, 2.05) is 19.1 Å². The van der Waals surface area contributed by atoms with Crippen molar-refractivity contribution in [2.24, 2.45) is 0 Å². The second-order valence-electron chi connectivity index (χ2n) is 3.77. The lowest BCUT2D eigenvalue weighted by molar-refractivity contribution is -0.145. The molecular formula is C12H15BrClNO2. The van der Waals surface area contributed by atoms with Crippen LogP contribution in [0, 0.1) is 0 Å². The Morgan fingerprint density at radius 3 is 3.06 bits per heavy atom. The van der Waals surface area contributed by atoms with Gasteiger partial charge in [0.1, 0.15) is 6.04 Å². The molecule has 5 heteroatoms. The molecule has 17 heavy (non-hydrogen) atoms. The number of halogens is 2. The predicted octanol–water partition coefficient (Wildman–Crippen LogP) is 2.45. The van der Waals surface area contributed by atoms with Gasteiger partial charge in [-0.1, -0.05) is 28.1 Å². The number of fused-ring (bicyclic) bond motifs is 1. The fourth-order valence-electron chi connectivity index (χ4n) is 1.92. The number of ether oxygens (including phenoxy) is 1. The Hall–Kier alpha value is -0.580. The van der Waals surface area contributed by atoms with Crippen LogP contribution in [0.3, 0.4) is 0 Å². The molecule has 0 bridgehead atoms. The molecule has 1 atom stereocenters. The second-order valence-corrected chi connectivity index (χ2v) is 4.62. The highest BCUT2D eigenvalue weighted by atomic mass is 79.9. The minimum atomic E-state index is -0.217. The van der Waals surface area contributed by atoms with Crippen molar-refractivity contribution < 1.29 is 9.53 Å². The number of carbonyl (C=O) groups excluding carboxylic acids is 1. The number of esters is 1. The summed E-state index contributed by atoms with van der Waals surface area (Å²) in [5, 5.41) is 3.19. The van der Waals surface area contributed by atoms with E-state index in [9.17, 15) is 4.79 Å². The van der Waals surface area contributed by atoms with Gasteiger partial charge < -0.3 is 10.1 Å². The smallest absolute Gasteiger partial charge is 0.323 e. The Morgan fingerprint density at radius 1 is 1.59 bits per heavy atom. The van der Waals surface area contributed by atoms with Crippen molar-refractivity contribution in [3.63, 3.8) is 0 Å². The summed E-state index contributed by atoms with van der Waals surface area (Å²) in [6.45, 7) is 2.97. The van der Waals surface area contributed by atoms with Crippen LogP contribution < -0.4 is 5.32 Å². The summed E-state index contributed by atoms with van der Waals surface area (Å²) in [4.78, 5) is 11.6. The number of rotatable bonds is 2. The molecule has 3 nitrogen and oxygen atoms in total. The summed E-state index contributed by atoms with van der Waals surface area (Å²) in [5.74, 6) is -0.163. The fraction of sp³-hybridized carbons (Fsp3) is 0.417. The van der Waals surface area contributed by atoms with Gasteiger partial charge in [-0.15, -0.1) is 12.4 Å². The molecule has 0 fully saturated rings. The van der Waals surface area contributed by atoms with E-state index in [0.29, 0.717) is 13.0 Å². The zero-order chi connectivity index (χ0) is 11.5. The van der Waals surface area contributed by atoms with E-state index in [0.717, 1.165) is 11.0 Å². The summed E-state index contributed by atoms with van der Waals surface area (Å²) in [6, 6.07) is 5.88. The molecule has 0 aromatic heterocycles. The molecule has 1 aliphatic rings. The standard InChI is InChI=1S/C12H14BrNO2.ClH/c1-2-16-12(15)11-6-9-8(7-14-11)4-3-5-10(9)13;/h3-5,11,14H,2,6-7H2,1H3;1H/t11-;/m1./s1. The van der Waals surface area contributed by atoms with E-state index in [2.05, 4.69) is 27.3 Å². The van der Waals surface area contributed by atoms with Gasteiger partial charge in [-0.05, 0) is 30.5 Å². The maximum Gasteiger partial charge on any atom is 0.323 e. The summed E-state index contributed by atoms with van der Waals surface area (Å²) in [7, 11) is 0. The zero-order valence-corrected chi connectivity index (χ0v) is 11.9. The first-order valence-electron chi connectivity index (χ1n) is 5.38. The maximum absolute atomic E-state index is 11.6. The van der Waals surface area contributed by atoms with Crippen LogP contribution in [-0.2, 0) is 22.5 Å². The Kier molecular flexibility index (Phi) is 5.43. The lowest BCUT2D eigenvalue weighted by Crippen LogP contribution is -2.42. The molecule has 0 amide bonds. The van der Waals surface area contributed by atoms with Crippen molar-refractivity contribution in [3.8, 4) is 0 Å². The highest BCUT2D eigenvalue weighted by Gasteiger charge is 2.26. The monoisotopic (exact) mass is 319 g/mol. The molecule has 1 aromatic carbocycles. The third kappa shape index (κ3) is 3.21. The van der Waals surface area contributed by atoms with Crippen molar-refractivity contribution in [3.05, 3.63) is 33.8 Å². The van der Waals surface area contributed by atoms with Crippen molar-refractivity contribution in [1.29, 1.82) is 0 Å². The van der Waals surface area contributed by atoms with Crippen molar-refractivity contribution in [2.45, 2.75) is 25.9 Å². The van der Waals surface area contributed by atoms with Crippen molar-refractivity contribution in [2.75, 3.05) is 6.61 Å². The van der Waals surface area contributed by atoms with Gasteiger partial charge in [0.15, 0.2) is 0 Å². The molecule has 0 unspecified atom stereocenters. The zero-order valence-electron chi connectivity index (χ0n) is 9.53. The second kappa shape index (κ2) is 6.38. The van der Waals surface area contributed by atoms with Crippen LogP contribution >= 0.6 is 28.3 Å². The molecule has 0 spiro atoms. The highest BCUT2D eigenvalue weighted by molar-refractivity contribution is 9.10. The van der Waals surface area contributed by atoms with Gasteiger partial charge in [-0.2, -0.15) is 0 Å². The van der Waals surface area contributed by atoms with Gasteiger partial charge >= 0.3 is 5.97 Å². The Balaban J connectivity index is 0.00000144. The first-order chi connectivity index (χ1) is 7.72. The van der Waals surface area contributed by atoms with E-state index < -0.39 is 0 Å². The largest absolute Gasteiger partial charge is 0.465 e. The number of nitrogens with one attached hydrogen (secondary N) is 1. The minimum Gasteiger partial charge on any atom is -0.465 e. The third-order valence-electron chi connectivity index (χ3n) is 2.73. The molecule has 1 aliphatic heterocycles. The maximum atomic E-state index is 11.6. The van der Waals surface area contributed by atoms with Crippen LogP contribution in [0.1, 0.15) is 18.1 Å². The molecule has 2 rings (SSSR count). The average molecular weight is 321 g/mol. The normalized spacial score (nSPS) is 17.9. The molecule has 0 aliphatic carbocycles. The summed E-state index contributed by atoms with van der Waals surface area (Å²) in [6.07, 6.45) is 0.690. The lowest BCUT2D eigenvalue weighted by atomic mass is 9.96. The summed E-state index contributed by atoms with van der Waals surface area (Å²) in [5.41, 5.74) is 2.45. The molecule has 1 N–H and O–H groups in total. The summed E-state index contributed by atoms with van der Waals surface area (Å²) >= 11 is 3.52. The molecule has 1 aromatic rings. The van der Waals surface area contributed by atoms with E-state index in [1.165, 1.54) is 11.1 Å². The van der Waals surface area contributed by atoms with Crippen LogP contribution in [0.15, 0.2) is 22.7 Å². The quantitative estimate of drug-likeness (QED) is 0.851. The van der Waals surface area contributed by atoms with Gasteiger partial charge in [-0.25, -0.2) is 0 Å². The number of hydrogen-bond acceptors (Lipinski definition) is 3. The van der Waals surface area contributed by atoms with Gasteiger partial charge in [0, 0.05) is 11.0 Å². The third-order valence-corrected chi connectivity index (χ3v) is 3.48. The highest BCUT2D eigenvalue weighted by Crippen LogP contribution is 2.25. The van der Waals surface area contributed by atoms with Gasteiger partial charge in [0.25, 0.3) is 0 Å². The van der Waals surface area contributed by atoms with E-state index >= 15 is 0 Å². The van der Waals surface area contributed by atoms with Crippen LogP contribution in [0.25, 0.3) is 0 Å². The van der Waals surface area contributed by atoms with Crippen molar-refractivity contribution in [1.82, 2.24) is 5.32 Å². The Morgan fingerprint density at radius 2 is 2.35 bits per heavy atom. The Labute approximate surface area is 115 Å². The molecule has 94 valence electrons. The van der Waals surface area contributed by atoms with Crippen LogP contribution in [0.4, 0.5) is 0 Å².